The highest BCUT2D eigenvalue weighted by Crippen LogP contribution is 2.22. The second kappa shape index (κ2) is 6.84. The van der Waals surface area contributed by atoms with Crippen molar-refractivity contribution in [2.24, 2.45) is 5.92 Å². The van der Waals surface area contributed by atoms with Crippen LogP contribution in [-0.4, -0.2) is 55.4 Å². The van der Waals surface area contributed by atoms with Gasteiger partial charge in [0.2, 0.25) is 10.0 Å². The lowest BCUT2D eigenvalue weighted by Gasteiger charge is -2.32. The van der Waals surface area contributed by atoms with Crippen LogP contribution in [0.25, 0.3) is 0 Å². The maximum absolute atomic E-state index is 12.1. The number of aliphatic hydroxyl groups is 1. The van der Waals surface area contributed by atoms with Gasteiger partial charge in [-0.25, -0.2) is 12.7 Å². The molecule has 0 saturated carbocycles. The molecule has 0 bridgehead atoms. The number of piperidine rings is 1. The molecule has 0 aromatic carbocycles. The van der Waals surface area contributed by atoms with Crippen LogP contribution in [0, 0.1) is 5.92 Å². The summed E-state index contributed by atoms with van der Waals surface area (Å²) in [6.45, 7) is 7.36. The van der Waals surface area contributed by atoms with Crippen molar-refractivity contribution in [1.82, 2.24) is 9.62 Å². The second-order valence-corrected chi connectivity index (χ2v) is 7.49. The van der Waals surface area contributed by atoms with E-state index in [-0.39, 0.29) is 17.8 Å². The van der Waals surface area contributed by atoms with Gasteiger partial charge in [-0.2, -0.15) is 0 Å². The Morgan fingerprint density at radius 2 is 1.83 bits per heavy atom. The first-order valence-corrected chi connectivity index (χ1v) is 8.33. The highest BCUT2D eigenvalue weighted by atomic mass is 32.2. The van der Waals surface area contributed by atoms with E-state index in [0.29, 0.717) is 25.7 Å². The first-order chi connectivity index (χ1) is 8.33. The Morgan fingerprint density at radius 1 is 1.28 bits per heavy atom. The molecule has 1 rings (SSSR count). The molecule has 0 spiro atoms. The highest BCUT2D eigenvalue weighted by Gasteiger charge is 2.29. The van der Waals surface area contributed by atoms with Crippen LogP contribution in [0.5, 0.6) is 0 Å². The fraction of sp³-hybridized carbons (Fsp3) is 1.00. The standard InChI is InChI=1S/C12H26N2O3S/c1-10(2)13-6-9-18(16,17)14-7-4-12(5-8-14)11(3)15/h10-13,15H,4-9H2,1-3H3. The van der Waals surface area contributed by atoms with Crippen LogP contribution in [0.2, 0.25) is 0 Å². The predicted molar refractivity (Wildman–Crippen MR) is 72.9 cm³/mol. The van der Waals surface area contributed by atoms with Gasteiger partial charge in [-0.05, 0) is 25.7 Å². The van der Waals surface area contributed by atoms with Crippen LogP contribution in [0.3, 0.4) is 0 Å². The van der Waals surface area contributed by atoms with E-state index in [9.17, 15) is 13.5 Å². The molecule has 6 heteroatoms. The van der Waals surface area contributed by atoms with Crippen LogP contribution in [0.4, 0.5) is 0 Å². The van der Waals surface area contributed by atoms with Gasteiger partial charge < -0.3 is 10.4 Å². The molecule has 1 unspecified atom stereocenters. The van der Waals surface area contributed by atoms with Crippen LogP contribution in [0.15, 0.2) is 0 Å². The predicted octanol–water partition coefficient (Wildman–Crippen LogP) is 0.407. The monoisotopic (exact) mass is 278 g/mol. The average molecular weight is 278 g/mol. The van der Waals surface area contributed by atoms with Crippen molar-refractivity contribution in [3.8, 4) is 0 Å². The SMILES string of the molecule is CC(C)NCCS(=O)(=O)N1CCC(C(C)O)CC1. The number of hydrogen-bond donors (Lipinski definition) is 2. The summed E-state index contributed by atoms with van der Waals surface area (Å²) < 4.78 is 25.7. The smallest absolute Gasteiger partial charge is 0.215 e. The Hall–Kier alpha value is -0.170. The summed E-state index contributed by atoms with van der Waals surface area (Å²) >= 11 is 0. The Morgan fingerprint density at radius 3 is 2.28 bits per heavy atom. The van der Waals surface area contributed by atoms with Crippen LogP contribution < -0.4 is 5.32 Å². The van der Waals surface area contributed by atoms with E-state index in [2.05, 4.69) is 5.32 Å². The van der Waals surface area contributed by atoms with E-state index in [4.69, 9.17) is 0 Å². The summed E-state index contributed by atoms with van der Waals surface area (Å²) in [6.07, 6.45) is 1.18. The molecule has 1 aliphatic rings. The summed E-state index contributed by atoms with van der Waals surface area (Å²) in [5.74, 6) is 0.398. The van der Waals surface area contributed by atoms with Crippen molar-refractivity contribution in [3.05, 3.63) is 0 Å². The minimum Gasteiger partial charge on any atom is -0.393 e. The van der Waals surface area contributed by atoms with E-state index in [1.54, 1.807) is 11.2 Å². The van der Waals surface area contributed by atoms with Crippen LogP contribution >= 0.6 is 0 Å². The molecule has 1 aliphatic heterocycles. The van der Waals surface area contributed by atoms with Crippen molar-refractivity contribution < 1.29 is 13.5 Å². The van der Waals surface area contributed by atoms with Crippen LogP contribution in [-0.2, 0) is 10.0 Å². The molecule has 1 saturated heterocycles. The fourth-order valence-corrected chi connectivity index (χ4v) is 3.64. The Balaban J connectivity index is 2.40. The second-order valence-electron chi connectivity index (χ2n) is 5.40. The molecule has 0 amide bonds. The highest BCUT2D eigenvalue weighted by molar-refractivity contribution is 7.89. The Labute approximate surface area is 111 Å². The molecule has 108 valence electrons. The minimum absolute atomic E-state index is 0.157. The lowest BCUT2D eigenvalue weighted by molar-refractivity contribution is 0.0912. The largest absolute Gasteiger partial charge is 0.393 e. The van der Waals surface area contributed by atoms with Gasteiger partial charge in [0, 0.05) is 25.7 Å². The maximum Gasteiger partial charge on any atom is 0.215 e. The van der Waals surface area contributed by atoms with Gasteiger partial charge >= 0.3 is 0 Å². The third-order valence-corrected chi connectivity index (χ3v) is 5.36. The molecular weight excluding hydrogens is 252 g/mol. The molecule has 1 fully saturated rings. The summed E-state index contributed by atoms with van der Waals surface area (Å²) in [7, 11) is -3.14. The van der Waals surface area contributed by atoms with Crippen molar-refractivity contribution in [2.45, 2.75) is 45.8 Å². The molecule has 0 radical (unpaired) electrons. The van der Waals surface area contributed by atoms with Gasteiger partial charge in [-0.3, -0.25) is 0 Å². The average Bonchev–Trinajstić information content (AvgIpc) is 2.28. The zero-order valence-corrected chi connectivity index (χ0v) is 12.4. The molecule has 18 heavy (non-hydrogen) atoms. The summed E-state index contributed by atoms with van der Waals surface area (Å²) in [5, 5.41) is 12.6. The zero-order chi connectivity index (χ0) is 13.8. The van der Waals surface area contributed by atoms with Crippen molar-refractivity contribution in [1.29, 1.82) is 0 Å². The maximum atomic E-state index is 12.1. The Kier molecular flexibility index (Phi) is 6.04. The number of nitrogens with zero attached hydrogens (tertiary/aromatic N) is 1. The van der Waals surface area contributed by atoms with Crippen LogP contribution in [0.1, 0.15) is 33.6 Å². The third kappa shape index (κ3) is 4.84. The Bertz CT molecular complexity index is 333. The molecule has 1 atom stereocenters. The van der Waals surface area contributed by atoms with E-state index < -0.39 is 10.0 Å². The normalized spacial score (nSPS) is 21.4. The van der Waals surface area contributed by atoms with Gasteiger partial charge in [0.25, 0.3) is 0 Å². The summed E-state index contributed by atoms with van der Waals surface area (Å²) in [4.78, 5) is 0. The molecule has 0 aliphatic carbocycles. The third-order valence-electron chi connectivity index (χ3n) is 3.49. The van der Waals surface area contributed by atoms with Gasteiger partial charge in [0.1, 0.15) is 0 Å². The first-order valence-electron chi connectivity index (χ1n) is 6.72. The number of rotatable bonds is 6. The minimum atomic E-state index is -3.14. The van der Waals surface area contributed by atoms with Crippen molar-refractivity contribution in [2.75, 3.05) is 25.4 Å². The zero-order valence-electron chi connectivity index (χ0n) is 11.6. The molecule has 0 aromatic rings. The van der Waals surface area contributed by atoms with E-state index >= 15 is 0 Å². The molecule has 2 N–H and O–H groups in total. The van der Waals surface area contributed by atoms with Gasteiger partial charge in [0.15, 0.2) is 0 Å². The summed E-state index contributed by atoms with van der Waals surface area (Å²) in [5.41, 5.74) is 0. The molecular formula is C12H26N2O3S. The molecule has 5 nitrogen and oxygen atoms in total. The van der Waals surface area contributed by atoms with E-state index in [0.717, 1.165) is 12.8 Å². The van der Waals surface area contributed by atoms with Gasteiger partial charge in [-0.1, -0.05) is 13.8 Å². The number of hydrogen-bond acceptors (Lipinski definition) is 4. The van der Waals surface area contributed by atoms with Crippen molar-refractivity contribution >= 4 is 10.0 Å². The fourth-order valence-electron chi connectivity index (χ4n) is 2.24. The summed E-state index contributed by atoms with van der Waals surface area (Å²) in [6, 6.07) is 0.307. The number of sulfonamides is 1. The van der Waals surface area contributed by atoms with Gasteiger partial charge in [0.05, 0.1) is 11.9 Å². The topological polar surface area (TPSA) is 69.6 Å². The first kappa shape index (κ1) is 15.9. The van der Waals surface area contributed by atoms with Gasteiger partial charge in [-0.15, -0.1) is 0 Å². The number of aliphatic hydroxyl groups excluding tert-OH is 1. The molecule has 1 heterocycles. The van der Waals surface area contributed by atoms with E-state index in [1.165, 1.54) is 0 Å². The molecule has 0 aromatic heterocycles. The van der Waals surface area contributed by atoms with Crippen molar-refractivity contribution in [3.63, 3.8) is 0 Å². The lowest BCUT2D eigenvalue weighted by atomic mass is 9.93. The lowest BCUT2D eigenvalue weighted by Crippen LogP contribution is -2.43. The van der Waals surface area contributed by atoms with E-state index in [1.807, 2.05) is 13.8 Å². The number of nitrogens with one attached hydrogen (secondary N) is 1. The quantitative estimate of drug-likeness (QED) is 0.738.